The van der Waals surface area contributed by atoms with Gasteiger partial charge in [-0.25, -0.2) is 0 Å². The minimum atomic E-state index is 0.185. The first kappa shape index (κ1) is 7.03. The maximum absolute atomic E-state index is 4.10. The summed E-state index contributed by atoms with van der Waals surface area (Å²) in [6.45, 7) is 0. The molecule has 0 aromatic rings. The number of rotatable bonds is 0. The Kier molecular flexibility index (Phi) is 1.56. The average molecular weight is 214 g/mol. The van der Waals surface area contributed by atoms with Crippen molar-refractivity contribution in [3.05, 3.63) is 23.9 Å². The molecule has 0 fully saturated rings. The molecular formula is C7H8BrN3. The van der Waals surface area contributed by atoms with Crippen molar-refractivity contribution in [2.24, 2.45) is 10.3 Å². The number of likely N-dealkylation sites (N-methyl/N-ethyl adjacent to an activating group) is 1. The highest BCUT2D eigenvalue weighted by Crippen LogP contribution is 2.29. The maximum Gasteiger partial charge on any atom is 0.130 e. The molecule has 0 aromatic carbocycles. The van der Waals surface area contributed by atoms with Crippen molar-refractivity contribution in [1.82, 2.24) is 5.01 Å². The van der Waals surface area contributed by atoms with Gasteiger partial charge >= 0.3 is 0 Å². The van der Waals surface area contributed by atoms with Crippen LogP contribution < -0.4 is 0 Å². The third-order valence-electron chi connectivity index (χ3n) is 1.85. The van der Waals surface area contributed by atoms with E-state index in [1.807, 2.05) is 24.2 Å². The minimum absolute atomic E-state index is 0.185. The Balaban J connectivity index is 2.33. The number of hydrogen-bond acceptors (Lipinski definition) is 3. The molecular weight excluding hydrogens is 206 g/mol. The number of fused-ring (bicyclic) bond motifs is 1. The first-order valence-corrected chi connectivity index (χ1v) is 4.37. The van der Waals surface area contributed by atoms with Crippen molar-refractivity contribution in [2.45, 2.75) is 10.9 Å². The molecule has 1 aliphatic heterocycles. The molecule has 2 unspecified atom stereocenters. The minimum Gasteiger partial charge on any atom is -0.252 e. The fourth-order valence-corrected chi connectivity index (χ4v) is 1.79. The van der Waals surface area contributed by atoms with E-state index >= 15 is 0 Å². The zero-order chi connectivity index (χ0) is 7.84. The SMILES string of the molecule is CN1N=NC2C1=CC=CC2Br. The van der Waals surface area contributed by atoms with Crippen molar-refractivity contribution in [2.75, 3.05) is 7.05 Å². The Morgan fingerprint density at radius 3 is 3.18 bits per heavy atom. The van der Waals surface area contributed by atoms with Crippen LogP contribution in [0, 0.1) is 0 Å². The monoisotopic (exact) mass is 213 g/mol. The van der Waals surface area contributed by atoms with Gasteiger partial charge in [0, 0.05) is 7.05 Å². The summed E-state index contributed by atoms with van der Waals surface area (Å²) in [5, 5.41) is 9.86. The van der Waals surface area contributed by atoms with Gasteiger partial charge in [-0.2, -0.15) is 5.11 Å². The summed E-state index contributed by atoms with van der Waals surface area (Å²) in [6.07, 6.45) is 6.15. The van der Waals surface area contributed by atoms with Crippen molar-refractivity contribution in [3.63, 3.8) is 0 Å². The Bertz CT molecular complexity index is 256. The van der Waals surface area contributed by atoms with Gasteiger partial charge in [0.1, 0.15) is 6.04 Å². The molecule has 0 spiro atoms. The molecule has 11 heavy (non-hydrogen) atoms. The molecule has 0 N–H and O–H groups in total. The van der Waals surface area contributed by atoms with Gasteiger partial charge in [-0.3, -0.25) is 5.01 Å². The van der Waals surface area contributed by atoms with Crippen molar-refractivity contribution in [3.8, 4) is 0 Å². The molecule has 0 amide bonds. The fraction of sp³-hybridized carbons (Fsp3) is 0.429. The van der Waals surface area contributed by atoms with Crippen LogP contribution in [0.2, 0.25) is 0 Å². The average Bonchev–Trinajstić information content (AvgIpc) is 2.35. The van der Waals surface area contributed by atoms with Gasteiger partial charge in [0.15, 0.2) is 0 Å². The molecule has 4 heteroatoms. The van der Waals surface area contributed by atoms with Crippen LogP contribution in [0.15, 0.2) is 34.3 Å². The Morgan fingerprint density at radius 2 is 2.45 bits per heavy atom. The third kappa shape index (κ3) is 1.01. The predicted molar refractivity (Wildman–Crippen MR) is 46.3 cm³/mol. The zero-order valence-electron chi connectivity index (χ0n) is 6.11. The predicted octanol–water partition coefficient (Wildman–Crippen LogP) is 1.88. The quantitative estimate of drug-likeness (QED) is 0.566. The lowest BCUT2D eigenvalue weighted by Crippen LogP contribution is -2.23. The molecule has 58 valence electrons. The van der Waals surface area contributed by atoms with Gasteiger partial charge < -0.3 is 0 Å². The van der Waals surface area contributed by atoms with E-state index in [1.165, 1.54) is 0 Å². The Morgan fingerprint density at radius 1 is 1.64 bits per heavy atom. The van der Waals surface area contributed by atoms with Crippen LogP contribution in [-0.4, -0.2) is 22.9 Å². The highest BCUT2D eigenvalue weighted by atomic mass is 79.9. The third-order valence-corrected chi connectivity index (χ3v) is 2.66. The molecule has 0 saturated carbocycles. The molecule has 2 atom stereocenters. The number of alkyl halides is 1. The zero-order valence-corrected chi connectivity index (χ0v) is 7.69. The molecule has 3 nitrogen and oxygen atoms in total. The summed E-state index contributed by atoms with van der Waals surface area (Å²) in [4.78, 5) is 0.302. The van der Waals surface area contributed by atoms with Crippen LogP contribution in [-0.2, 0) is 0 Å². The normalized spacial score (nSPS) is 34.0. The van der Waals surface area contributed by atoms with Gasteiger partial charge in [-0.15, -0.1) is 0 Å². The number of allylic oxidation sites excluding steroid dienone is 2. The molecule has 0 radical (unpaired) electrons. The summed E-state index contributed by atoms with van der Waals surface area (Å²) in [5.74, 6) is 0. The van der Waals surface area contributed by atoms with E-state index in [9.17, 15) is 0 Å². The molecule has 2 aliphatic rings. The van der Waals surface area contributed by atoms with E-state index in [2.05, 4.69) is 32.3 Å². The first-order valence-electron chi connectivity index (χ1n) is 3.46. The lowest BCUT2D eigenvalue weighted by Gasteiger charge is -2.17. The standard InChI is InChI=1S/C7H8BrN3/c1-11-6-4-2-3-5(8)7(6)9-10-11/h2-5,7H,1H3. The highest BCUT2D eigenvalue weighted by molar-refractivity contribution is 9.09. The van der Waals surface area contributed by atoms with E-state index in [-0.39, 0.29) is 6.04 Å². The van der Waals surface area contributed by atoms with Gasteiger partial charge in [-0.1, -0.05) is 33.3 Å². The second-order valence-electron chi connectivity index (χ2n) is 2.59. The van der Waals surface area contributed by atoms with E-state index in [0.717, 1.165) is 5.70 Å². The smallest absolute Gasteiger partial charge is 0.130 e. The summed E-state index contributed by atoms with van der Waals surface area (Å²) >= 11 is 3.51. The Hall–Kier alpha value is -0.640. The summed E-state index contributed by atoms with van der Waals surface area (Å²) in [7, 11) is 1.91. The molecule has 1 aliphatic carbocycles. The topological polar surface area (TPSA) is 28.0 Å². The van der Waals surface area contributed by atoms with Gasteiger partial charge in [-0.05, 0) is 6.08 Å². The summed E-state index contributed by atoms with van der Waals surface area (Å²) in [6, 6.07) is 0.185. The van der Waals surface area contributed by atoms with E-state index in [0.29, 0.717) is 4.83 Å². The number of nitrogens with zero attached hydrogens (tertiary/aromatic N) is 3. The second-order valence-corrected chi connectivity index (χ2v) is 3.65. The molecule has 0 aromatic heterocycles. The molecule has 0 bridgehead atoms. The van der Waals surface area contributed by atoms with Crippen LogP contribution >= 0.6 is 15.9 Å². The summed E-state index contributed by atoms with van der Waals surface area (Å²) in [5.41, 5.74) is 1.16. The fourth-order valence-electron chi connectivity index (χ4n) is 1.23. The first-order chi connectivity index (χ1) is 5.29. The maximum atomic E-state index is 4.10. The van der Waals surface area contributed by atoms with E-state index in [1.54, 1.807) is 0 Å². The number of hydrogen-bond donors (Lipinski definition) is 0. The van der Waals surface area contributed by atoms with Crippen LogP contribution in [0.1, 0.15) is 0 Å². The largest absolute Gasteiger partial charge is 0.252 e. The van der Waals surface area contributed by atoms with E-state index in [4.69, 9.17) is 0 Å². The molecule has 2 rings (SSSR count). The van der Waals surface area contributed by atoms with E-state index < -0.39 is 0 Å². The summed E-state index contributed by atoms with van der Waals surface area (Å²) < 4.78 is 0. The number of halogens is 1. The van der Waals surface area contributed by atoms with Crippen molar-refractivity contribution >= 4 is 15.9 Å². The van der Waals surface area contributed by atoms with Gasteiger partial charge in [0.05, 0.1) is 10.5 Å². The lowest BCUT2D eigenvalue weighted by atomic mass is 10.1. The van der Waals surface area contributed by atoms with Crippen LogP contribution in [0.3, 0.4) is 0 Å². The molecule has 0 saturated heterocycles. The van der Waals surface area contributed by atoms with Crippen LogP contribution in [0.4, 0.5) is 0 Å². The molecule has 1 heterocycles. The Labute approximate surface area is 73.6 Å². The lowest BCUT2D eigenvalue weighted by molar-refractivity contribution is 0.452. The van der Waals surface area contributed by atoms with Crippen molar-refractivity contribution < 1.29 is 0 Å². The second kappa shape index (κ2) is 2.44. The van der Waals surface area contributed by atoms with Crippen LogP contribution in [0.5, 0.6) is 0 Å². The highest BCUT2D eigenvalue weighted by Gasteiger charge is 2.29. The van der Waals surface area contributed by atoms with Gasteiger partial charge in [0.2, 0.25) is 0 Å². The van der Waals surface area contributed by atoms with Crippen LogP contribution in [0.25, 0.3) is 0 Å². The van der Waals surface area contributed by atoms with Gasteiger partial charge in [0.25, 0.3) is 0 Å². The van der Waals surface area contributed by atoms with Crippen molar-refractivity contribution in [1.29, 1.82) is 0 Å².